The number of rotatable bonds is 41. The van der Waals surface area contributed by atoms with Gasteiger partial charge in [-0.15, -0.1) is 0 Å². The number of carbonyl (C=O) groups excluding carboxylic acids is 1. The molecule has 0 bridgehead atoms. The van der Waals surface area contributed by atoms with Gasteiger partial charge in [-0.1, -0.05) is 171 Å². The van der Waals surface area contributed by atoms with Crippen LogP contribution in [-0.2, 0) is 18.4 Å². The molecule has 0 aromatic rings. The fourth-order valence-corrected chi connectivity index (χ4v) is 6.89. The molecule has 3 unspecified atom stereocenters. The van der Waals surface area contributed by atoms with E-state index in [0.717, 1.165) is 57.8 Å². The van der Waals surface area contributed by atoms with Crippen LogP contribution in [0, 0.1) is 0 Å². The highest BCUT2D eigenvalue weighted by Crippen LogP contribution is 2.43. The summed E-state index contributed by atoms with van der Waals surface area (Å²) < 4.78 is 22.1. The minimum atomic E-state index is -4.35. The number of hydrogen-bond donors (Lipinski definition) is 4. The van der Waals surface area contributed by atoms with Crippen molar-refractivity contribution in [3.8, 4) is 0 Å². The summed E-state index contributed by atoms with van der Waals surface area (Å²) in [6.45, 7) is 4.05. The van der Waals surface area contributed by atoms with Crippen molar-refractivity contribution in [2.45, 2.75) is 206 Å². The van der Waals surface area contributed by atoms with E-state index in [0.29, 0.717) is 6.42 Å². The second-order valence-electron chi connectivity index (χ2n) is 14.9. The summed E-state index contributed by atoms with van der Waals surface area (Å²) in [5.41, 5.74) is 5.37. The Bertz CT molecular complexity index is 1040. The highest BCUT2D eigenvalue weighted by Gasteiger charge is 2.26. The molecule has 9 heteroatoms. The number of phosphoric ester groups is 1. The number of aliphatic hydroxyl groups excluding tert-OH is 1. The van der Waals surface area contributed by atoms with Gasteiger partial charge in [-0.25, -0.2) is 4.57 Å². The largest absolute Gasteiger partial charge is 0.472 e. The molecule has 0 aliphatic heterocycles. The number of unbranched alkanes of at least 4 members (excludes halogenated alkanes) is 21. The van der Waals surface area contributed by atoms with Crippen molar-refractivity contribution in [1.29, 1.82) is 0 Å². The molecule has 0 saturated heterocycles. The molecule has 1 amide bonds. The number of amides is 1. The lowest BCUT2D eigenvalue weighted by atomic mass is 10.0. The lowest BCUT2D eigenvalue weighted by Crippen LogP contribution is -2.45. The lowest BCUT2D eigenvalue weighted by Gasteiger charge is -2.23. The molecule has 0 aliphatic carbocycles. The van der Waals surface area contributed by atoms with Crippen LogP contribution in [0.1, 0.15) is 194 Å². The summed E-state index contributed by atoms with van der Waals surface area (Å²) >= 11 is 0. The molecule has 3 atom stereocenters. The molecule has 0 saturated carbocycles. The first kappa shape index (κ1) is 53.2. The third-order valence-electron chi connectivity index (χ3n) is 9.54. The van der Waals surface area contributed by atoms with E-state index in [1.807, 2.05) is 6.08 Å². The topological polar surface area (TPSA) is 131 Å². The molecule has 0 aromatic carbocycles. The van der Waals surface area contributed by atoms with Gasteiger partial charge in [-0.05, 0) is 77.0 Å². The van der Waals surface area contributed by atoms with Gasteiger partial charge >= 0.3 is 7.82 Å². The van der Waals surface area contributed by atoms with Crippen LogP contribution < -0.4 is 11.1 Å². The summed E-state index contributed by atoms with van der Waals surface area (Å²) in [7, 11) is -4.35. The monoisotopic (exact) mass is 793 g/mol. The maximum atomic E-state index is 12.8. The molecule has 0 aromatic heterocycles. The van der Waals surface area contributed by atoms with Crippen molar-refractivity contribution in [1.82, 2.24) is 5.32 Å². The van der Waals surface area contributed by atoms with Gasteiger partial charge in [-0.3, -0.25) is 13.8 Å². The number of carbonyl (C=O) groups is 1. The summed E-state index contributed by atoms with van der Waals surface area (Å²) in [6, 6.07) is -0.885. The van der Waals surface area contributed by atoms with Crippen LogP contribution in [0.5, 0.6) is 0 Å². The van der Waals surface area contributed by atoms with E-state index in [1.54, 1.807) is 6.08 Å². The minimum absolute atomic E-state index is 0.0694. The predicted molar refractivity (Wildman–Crippen MR) is 235 cm³/mol. The average Bonchev–Trinajstić information content (AvgIpc) is 3.17. The molecule has 0 rings (SSSR count). The number of aliphatic hydroxyl groups is 1. The standard InChI is InChI=1S/C46H85N2O6P/c1-3-5-7-9-11-13-15-17-18-19-20-21-22-23-24-25-26-28-30-32-34-36-38-40-46(50)48-44(43-54-55(51,52)53-42-41-47)45(49)39-37-35-33-31-29-27-16-14-12-10-8-6-4-2/h12,14-15,17,19-20,29,31,37,39,44-45,49H,3-11,13,16,18,21-28,30,32-36,38,40-43,47H2,1-2H3,(H,48,50)(H,51,52)/b14-12+,17-15-,20-19-,31-29+,39-37+. The highest BCUT2D eigenvalue weighted by molar-refractivity contribution is 7.47. The molecule has 320 valence electrons. The van der Waals surface area contributed by atoms with Gasteiger partial charge in [0, 0.05) is 13.0 Å². The highest BCUT2D eigenvalue weighted by atomic mass is 31.2. The van der Waals surface area contributed by atoms with Crippen LogP contribution in [0.4, 0.5) is 0 Å². The number of nitrogens with two attached hydrogens (primary N) is 1. The van der Waals surface area contributed by atoms with Crippen LogP contribution in [0.3, 0.4) is 0 Å². The Morgan fingerprint density at radius 1 is 0.600 bits per heavy atom. The van der Waals surface area contributed by atoms with Crippen LogP contribution in [-0.4, -0.2) is 47.8 Å². The Labute approximate surface area is 338 Å². The van der Waals surface area contributed by atoms with Gasteiger partial charge in [0.25, 0.3) is 0 Å². The van der Waals surface area contributed by atoms with Crippen LogP contribution >= 0.6 is 7.82 Å². The van der Waals surface area contributed by atoms with E-state index in [2.05, 4.69) is 67.8 Å². The Kier molecular flexibility index (Phi) is 40.5. The third kappa shape index (κ3) is 40.2. The minimum Gasteiger partial charge on any atom is -0.387 e. The first-order chi connectivity index (χ1) is 26.9. The molecule has 0 heterocycles. The molecular formula is C46H85N2O6P. The first-order valence-electron chi connectivity index (χ1n) is 22.4. The Balaban J connectivity index is 4.17. The van der Waals surface area contributed by atoms with E-state index in [-0.39, 0.29) is 25.7 Å². The van der Waals surface area contributed by atoms with Crippen molar-refractivity contribution >= 4 is 13.7 Å². The Morgan fingerprint density at radius 2 is 1.02 bits per heavy atom. The molecule has 5 N–H and O–H groups in total. The summed E-state index contributed by atoms with van der Waals surface area (Å²) in [5, 5.41) is 13.6. The molecule has 0 spiro atoms. The molecular weight excluding hydrogens is 707 g/mol. The van der Waals surface area contributed by atoms with Gasteiger partial charge in [-0.2, -0.15) is 0 Å². The Hall–Kier alpha value is -1.80. The van der Waals surface area contributed by atoms with E-state index in [9.17, 15) is 19.4 Å². The average molecular weight is 793 g/mol. The maximum absolute atomic E-state index is 12.8. The van der Waals surface area contributed by atoms with Crippen LogP contribution in [0.2, 0.25) is 0 Å². The van der Waals surface area contributed by atoms with Crippen molar-refractivity contribution < 1.29 is 28.4 Å². The van der Waals surface area contributed by atoms with Crippen molar-refractivity contribution in [2.75, 3.05) is 19.8 Å². The Morgan fingerprint density at radius 3 is 1.55 bits per heavy atom. The van der Waals surface area contributed by atoms with Gasteiger partial charge in [0.1, 0.15) is 0 Å². The quantitative estimate of drug-likeness (QED) is 0.0275. The maximum Gasteiger partial charge on any atom is 0.472 e. The number of nitrogens with one attached hydrogen (secondary N) is 1. The summed E-state index contributed by atoms with van der Waals surface area (Å²) in [5.74, 6) is -0.213. The van der Waals surface area contributed by atoms with Crippen molar-refractivity contribution in [3.63, 3.8) is 0 Å². The predicted octanol–water partition coefficient (Wildman–Crippen LogP) is 12.7. The summed E-state index contributed by atoms with van der Waals surface area (Å²) in [4.78, 5) is 22.7. The number of phosphoric acid groups is 1. The molecule has 8 nitrogen and oxygen atoms in total. The van der Waals surface area contributed by atoms with Gasteiger partial charge in [0.05, 0.1) is 25.4 Å². The second-order valence-corrected chi connectivity index (χ2v) is 16.3. The molecule has 0 aliphatic rings. The van der Waals surface area contributed by atoms with E-state index >= 15 is 0 Å². The first-order valence-corrected chi connectivity index (χ1v) is 23.9. The van der Waals surface area contributed by atoms with E-state index in [1.165, 1.54) is 116 Å². The fourth-order valence-electron chi connectivity index (χ4n) is 6.13. The van der Waals surface area contributed by atoms with E-state index in [4.69, 9.17) is 14.8 Å². The lowest BCUT2D eigenvalue weighted by molar-refractivity contribution is -0.123. The van der Waals surface area contributed by atoms with Gasteiger partial charge in [0.2, 0.25) is 5.91 Å². The van der Waals surface area contributed by atoms with E-state index < -0.39 is 20.0 Å². The SMILES string of the molecule is CCCCC/C=C/CC/C=C/CC/C=C/C(O)C(COP(=O)(O)OCCN)NC(=O)CCCCCCCCCCCCC/C=C\C/C=C\CCCCCCC. The zero-order chi connectivity index (χ0) is 40.3. The van der Waals surface area contributed by atoms with Crippen molar-refractivity contribution in [2.24, 2.45) is 5.73 Å². The fraction of sp³-hybridized carbons (Fsp3) is 0.761. The van der Waals surface area contributed by atoms with Crippen LogP contribution in [0.15, 0.2) is 60.8 Å². The zero-order valence-electron chi connectivity index (χ0n) is 35.4. The molecule has 0 fully saturated rings. The molecule has 0 radical (unpaired) electrons. The van der Waals surface area contributed by atoms with Crippen LogP contribution in [0.25, 0.3) is 0 Å². The second kappa shape index (κ2) is 41.8. The van der Waals surface area contributed by atoms with Gasteiger partial charge in [0.15, 0.2) is 0 Å². The van der Waals surface area contributed by atoms with Crippen molar-refractivity contribution in [3.05, 3.63) is 60.8 Å². The number of hydrogen-bond acceptors (Lipinski definition) is 6. The smallest absolute Gasteiger partial charge is 0.387 e. The third-order valence-corrected chi connectivity index (χ3v) is 10.5. The molecule has 55 heavy (non-hydrogen) atoms. The summed E-state index contributed by atoms with van der Waals surface area (Å²) in [6.07, 6.45) is 52.8. The van der Waals surface area contributed by atoms with Gasteiger partial charge < -0.3 is 21.1 Å². The number of allylic oxidation sites excluding steroid dienone is 9. The normalized spacial score (nSPS) is 14.6. The zero-order valence-corrected chi connectivity index (χ0v) is 36.3.